The van der Waals surface area contributed by atoms with Gasteiger partial charge in [-0.3, -0.25) is 15.0 Å². The summed E-state index contributed by atoms with van der Waals surface area (Å²) in [7, 11) is 0. The molecule has 0 aromatic carbocycles. The molecule has 2 aliphatic heterocycles. The topological polar surface area (TPSA) is 68.2 Å². The molecule has 0 fully saturated rings. The van der Waals surface area contributed by atoms with E-state index in [-0.39, 0.29) is 0 Å². The van der Waals surface area contributed by atoms with Crippen molar-refractivity contribution in [3.8, 4) is 0 Å². The van der Waals surface area contributed by atoms with E-state index < -0.39 is 5.91 Å². The first kappa shape index (κ1) is 23.4. The Balaban J connectivity index is 2.12. The summed E-state index contributed by atoms with van der Waals surface area (Å²) in [5, 5.41) is 8.65. The molecule has 6 nitrogen and oxygen atoms in total. The molecule has 29 heavy (non-hydrogen) atoms. The molecule has 2 aliphatic rings. The quantitative estimate of drug-likeness (QED) is 0.225. The first-order valence-electron chi connectivity index (χ1n) is 11.1. The van der Waals surface area contributed by atoms with Crippen LogP contribution in [0.3, 0.4) is 0 Å². The van der Waals surface area contributed by atoms with Crippen molar-refractivity contribution >= 4 is 11.7 Å². The van der Waals surface area contributed by atoms with Gasteiger partial charge in [-0.05, 0) is 55.7 Å². The van der Waals surface area contributed by atoms with Gasteiger partial charge in [-0.1, -0.05) is 47.0 Å². The molecule has 0 radical (unpaired) electrons. The fourth-order valence-electron chi connectivity index (χ4n) is 3.81. The van der Waals surface area contributed by atoms with E-state index in [0.717, 1.165) is 37.5 Å². The largest absolute Gasteiger partial charge is 0.327 e. The van der Waals surface area contributed by atoms with Crippen LogP contribution in [0.5, 0.6) is 0 Å². The van der Waals surface area contributed by atoms with Gasteiger partial charge in [0.05, 0.1) is 12.1 Å². The first-order chi connectivity index (χ1) is 14.0. The van der Waals surface area contributed by atoms with Gasteiger partial charge >= 0.3 is 0 Å². The molecule has 2 heterocycles. The zero-order valence-electron chi connectivity index (χ0n) is 18.5. The van der Waals surface area contributed by atoms with Crippen LogP contribution >= 0.6 is 0 Å². The van der Waals surface area contributed by atoms with Crippen molar-refractivity contribution < 1.29 is 10.0 Å². The van der Waals surface area contributed by atoms with E-state index in [1.165, 1.54) is 31.8 Å². The number of nitrogens with zero attached hydrogens (tertiary/aromatic N) is 3. The molecule has 0 saturated carbocycles. The van der Waals surface area contributed by atoms with Crippen molar-refractivity contribution in [2.75, 3.05) is 19.6 Å². The van der Waals surface area contributed by atoms with E-state index in [0.29, 0.717) is 18.0 Å². The molecular formula is C23H38N4O2. The number of rotatable bonds is 12. The van der Waals surface area contributed by atoms with E-state index in [4.69, 9.17) is 10.2 Å². The second kappa shape index (κ2) is 11.9. The summed E-state index contributed by atoms with van der Waals surface area (Å²) in [6.07, 6.45) is 15.1. The Bertz CT molecular complexity index is 651. The van der Waals surface area contributed by atoms with Gasteiger partial charge in [-0.15, -0.1) is 0 Å². The van der Waals surface area contributed by atoms with Crippen molar-refractivity contribution in [1.82, 2.24) is 15.3 Å². The monoisotopic (exact) mass is 402 g/mol. The summed E-state index contributed by atoms with van der Waals surface area (Å²) in [6, 6.07) is 0.655. The second-order valence-electron chi connectivity index (χ2n) is 8.37. The van der Waals surface area contributed by atoms with Crippen LogP contribution in [0, 0.1) is 5.92 Å². The van der Waals surface area contributed by atoms with Crippen LogP contribution in [0.25, 0.3) is 0 Å². The number of likely N-dealkylation sites (N-methyl/N-ethyl adjacent to an activating group) is 1. The molecule has 2 N–H and O–H groups in total. The molecule has 6 heteroatoms. The Kier molecular flexibility index (Phi) is 9.61. The minimum absolute atomic E-state index is 0.301. The van der Waals surface area contributed by atoms with Gasteiger partial charge in [0.1, 0.15) is 5.84 Å². The zero-order valence-corrected chi connectivity index (χ0v) is 18.5. The number of amides is 1. The van der Waals surface area contributed by atoms with Crippen LogP contribution in [0.2, 0.25) is 0 Å². The SMILES string of the molecule is CCCCCC1N=C2C=C(/C=C/C(=O)NO)C=CN2C1CN(CC)CCC(C)C. The van der Waals surface area contributed by atoms with Crippen LogP contribution in [-0.4, -0.2) is 58.5 Å². The predicted octanol–water partition coefficient (Wildman–Crippen LogP) is 3.90. The normalized spacial score (nSPS) is 21.1. The standard InChI is InChI=1S/C23H38N4O2/c1-5-7-8-9-20-21(17-26(6-2)14-12-18(3)4)27-15-13-19(16-22(27)24-20)10-11-23(28)25-29/h10-11,13,15-16,18,20-21,29H,5-9,12,14,17H2,1-4H3,(H,25,28)/b11-10+. The zero-order chi connectivity index (χ0) is 21.2. The third-order valence-electron chi connectivity index (χ3n) is 5.64. The fourth-order valence-corrected chi connectivity index (χ4v) is 3.81. The van der Waals surface area contributed by atoms with E-state index in [1.54, 1.807) is 11.6 Å². The summed E-state index contributed by atoms with van der Waals surface area (Å²) < 4.78 is 0. The highest BCUT2D eigenvalue weighted by molar-refractivity contribution is 5.98. The molecule has 0 bridgehead atoms. The highest BCUT2D eigenvalue weighted by Crippen LogP contribution is 2.28. The number of unbranched alkanes of at least 4 members (excludes halogenated alkanes) is 2. The summed E-state index contributed by atoms with van der Waals surface area (Å²) in [6.45, 7) is 12.2. The fraction of sp³-hybridized carbons (Fsp3) is 0.652. The number of amidine groups is 1. The van der Waals surface area contributed by atoms with Gasteiger partial charge in [0.15, 0.2) is 0 Å². The Morgan fingerprint density at radius 1 is 1.38 bits per heavy atom. The van der Waals surface area contributed by atoms with Crippen molar-refractivity contribution in [2.45, 2.75) is 71.9 Å². The molecule has 2 rings (SSSR count). The van der Waals surface area contributed by atoms with Gasteiger partial charge in [-0.2, -0.15) is 0 Å². The van der Waals surface area contributed by atoms with Crippen LogP contribution in [0.15, 0.2) is 41.1 Å². The molecule has 0 saturated heterocycles. The lowest BCUT2D eigenvalue weighted by Crippen LogP contribution is -2.46. The summed E-state index contributed by atoms with van der Waals surface area (Å²) in [4.78, 5) is 21.2. The van der Waals surface area contributed by atoms with Crippen LogP contribution in [0.4, 0.5) is 0 Å². The highest BCUT2D eigenvalue weighted by Gasteiger charge is 2.35. The predicted molar refractivity (Wildman–Crippen MR) is 119 cm³/mol. The van der Waals surface area contributed by atoms with Crippen molar-refractivity contribution in [1.29, 1.82) is 0 Å². The molecule has 0 spiro atoms. The number of hydrogen-bond acceptors (Lipinski definition) is 5. The molecule has 0 aliphatic carbocycles. The molecule has 2 unspecified atom stereocenters. The minimum atomic E-state index is -0.533. The number of carbonyl (C=O) groups is 1. The average molecular weight is 403 g/mol. The molecule has 2 atom stereocenters. The minimum Gasteiger partial charge on any atom is -0.327 e. The lowest BCUT2D eigenvalue weighted by atomic mass is 10.0. The van der Waals surface area contributed by atoms with Crippen LogP contribution in [-0.2, 0) is 4.79 Å². The number of allylic oxidation sites excluding steroid dienone is 3. The Morgan fingerprint density at radius 3 is 2.83 bits per heavy atom. The van der Waals surface area contributed by atoms with Gasteiger partial charge in [0.25, 0.3) is 5.91 Å². The van der Waals surface area contributed by atoms with Crippen LogP contribution in [0.1, 0.15) is 59.8 Å². The summed E-state index contributed by atoms with van der Waals surface area (Å²) in [5.74, 6) is 1.15. The maximum absolute atomic E-state index is 11.3. The van der Waals surface area contributed by atoms with Crippen molar-refractivity contribution in [3.63, 3.8) is 0 Å². The lowest BCUT2D eigenvalue weighted by molar-refractivity contribution is -0.124. The first-order valence-corrected chi connectivity index (χ1v) is 11.1. The van der Waals surface area contributed by atoms with E-state index in [1.807, 2.05) is 12.2 Å². The van der Waals surface area contributed by atoms with E-state index in [2.05, 4.69) is 43.7 Å². The Hall–Kier alpha value is -1.92. The summed E-state index contributed by atoms with van der Waals surface area (Å²) >= 11 is 0. The third kappa shape index (κ3) is 7.12. The van der Waals surface area contributed by atoms with Gasteiger partial charge in [0.2, 0.25) is 0 Å². The third-order valence-corrected chi connectivity index (χ3v) is 5.64. The smallest absolute Gasteiger partial charge is 0.267 e. The Labute approximate surface area is 176 Å². The number of carbonyl (C=O) groups excluding carboxylic acids is 1. The maximum Gasteiger partial charge on any atom is 0.267 e. The second-order valence-corrected chi connectivity index (χ2v) is 8.37. The van der Waals surface area contributed by atoms with Crippen molar-refractivity contribution in [2.24, 2.45) is 10.9 Å². The number of hydroxylamine groups is 1. The van der Waals surface area contributed by atoms with E-state index >= 15 is 0 Å². The van der Waals surface area contributed by atoms with Crippen LogP contribution < -0.4 is 5.48 Å². The molecule has 1 amide bonds. The molecule has 0 aromatic heterocycles. The number of nitrogens with one attached hydrogen (secondary N) is 1. The number of hydrogen-bond donors (Lipinski definition) is 2. The van der Waals surface area contributed by atoms with Gasteiger partial charge in [-0.25, -0.2) is 5.48 Å². The lowest BCUT2D eigenvalue weighted by Gasteiger charge is -2.33. The maximum atomic E-state index is 11.3. The summed E-state index contributed by atoms with van der Waals surface area (Å²) in [5.41, 5.74) is 2.52. The molecule has 0 aromatic rings. The molecular weight excluding hydrogens is 364 g/mol. The molecule has 162 valence electrons. The van der Waals surface area contributed by atoms with Crippen molar-refractivity contribution in [3.05, 3.63) is 36.1 Å². The van der Waals surface area contributed by atoms with E-state index in [9.17, 15) is 4.79 Å². The van der Waals surface area contributed by atoms with Gasteiger partial charge in [0, 0.05) is 18.8 Å². The van der Waals surface area contributed by atoms with Gasteiger partial charge < -0.3 is 9.80 Å². The Morgan fingerprint density at radius 2 is 2.17 bits per heavy atom. The highest BCUT2D eigenvalue weighted by atomic mass is 16.5. The number of aliphatic imine (C=N–C) groups is 1. The number of fused-ring (bicyclic) bond motifs is 1. The average Bonchev–Trinajstić information content (AvgIpc) is 3.05.